The lowest BCUT2D eigenvalue weighted by atomic mass is 9.95. The molecule has 144 valence electrons. The first-order valence-corrected chi connectivity index (χ1v) is 11.2. The average Bonchev–Trinajstić information content (AvgIpc) is 3.17. The van der Waals surface area contributed by atoms with Crippen LogP contribution in [0.1, 0.15) is 18.1 Å². The standard InChI is InChI=1S/C28H21NS/c1-19-15-21-17-22(18-24(23(21)16-19)20-9-3-2-4-10-20)29-25-11-5-7-13-27(25)30-28-14-8-6-12-26(28)29/h2-14,16-18H,15H2,1H3. The molecule has 0 fully saturated rings. The van der Waals surface area contributed by atoms with Crippen LogP contribution in [0.2, 0.25) is 0 Å². The quantitative estimate of drug-likeness (QED) is 0.292. The van der Waals surface area contributed by atoms with Gasteiger partial charge in [0.05, 0.1) is 11.4 Å². The molecule has 1 nitrogen and oxygen atoms in total. The van der Waals surface area contributed by atoms with Crippen molar-refractivity contribution < 1.29 is 0 Å². The minimum Gasteiger partial charge on any atom is -0.308 e. The largest absolute Gasteiger partial charge is 0.308 e. The zero-order chi connectivity index (χ0) is 20.1. The van der Waals surface area contributed by atoms with Gasteiger partial charge in [-0.25, -0.2) is 0 Å². The zero-order valence-electron chi connectivity index (χ0n) is 16.8. The van der Waals surface area contributed by atoms with Crippen molar-refractivity contribution in [2.24, 2.45) is 0 Å². The molecule has 2 heteroatoms. The number of anilines is 3. The van der Waals surface area contributed by atoms with Crippen molar-refractivity contribution in [3.8, 4) is 11.1 Å². The fraction of sp³-hybridized carbons (Fsp3) is 0.0714. The van der Waals surface area contributed by atoms with Crippen LogP contribution in [0.4, 0.5) is 17.1 Å². The molecule has 4 aromatic rings. The first-order chi connectivity index (χ1) is 14.8. The summed E-state index contributed by atoms with van der Waals surface area (Å²) in [5.41, 5.74) is 10.5. The van der Waals surface area contributed by atoms with Gasteiger partial charge in [-0.3, -0.25) is 0 Å². The molecule has 6 rings (SSSR count). The lowest BCUT2D eigenvalue weighted by Gasteiger charge is -2.33. The lowest BCUT2D eigenvalue weighted by molar-refractivity contribution is 1.15. The normalized spacial score (nSPS) is 14.0. The van der Waals surface area contributed by atoms with Gasteiger partial charge in [0, 0.05) is 15.5 Å². The maximum Gasteiger partial charge on any atom is 0.0601 e. The Morgan fingerprint density at radius 1 is 0.733 bits per heavy atom. The molecule has 2 aliphatic rings. The van der Waals surface area contributed by atoms with Crippen molar-refractivity contribution in [1.29, 1.82) is 0 Å². The molecule has 0 bridgehead atoms. The van der Waals surface area contributed by atoms with Crippen molar-refractivity contribution in [1.82, 2.24) is 0 Å². The number of nitrogens with zero attached hydrogens (tertiary/aromatic N) is 1. The summed E-state index contributed by atoms with van der Waals surface area (Å²) in [5.74, 6) is 0. The van der Waals surface area contributed by atoms with E-state index in [4.69, 9.17) is 0 Å². The summed E-state index contributed by atoms with van der Waals surface area (Å²) >= 11 is 1.86. The Labute approximate surface area is 181 Å². The fourth-order valence-electron chi connectivity index (χ4n) is 4.58. The Morgan fingerprint density at radius 2 is 1.37 bits per heavy atom. The van der Waals surface area contributed by atoms with Gasteiger partial charge in [0.2, 0.25) is 0 Å². The molecule has 1 heterocycles. The van der Waals surface area contributed by atoms with Crippen molar-refractivity contribution in [2.45, 2.75) is 23.1 Å². The second kappa shape index (κ2) is 6.93. The highest BCUT2D eigenvalue weighted by Crippen LogP contribution is 2.52. The molecule has 0 spiro atoms. The van der Waals surface area contributed by atoms with Gasteiger partial charge in [-0.2, -0.15) is 0 Å². The van der Waals surface area contributed by atoms with Crippen LogP contribution in [0.5, 0.6) is 0 Å². The minimum atomic E-state index is 1.02. The summed E-state index contributed by atoms with van der Waals surface area (Å²) < 4.78 is 0. The Bertz CT molecular complexity index is 1260. The summed E-state index contributed by atoms with van der Waals surface area (Å²) in [6, 6.07) is 33.0. The highest BCUT2D eigenvalue weighted by molar-refractivity contribution is 7.99. The second-order valence-corrected chi connectivity index (χ2v) is 9.06. The molecule has 1 aliphatic carbocycles. The number of rotatable bonds is 2. The molecule has 30 heavy (non-hydrogen) atoms. The van der Waals surface area contributed by atoms with E-state index in [2.05, 4.69) is 109 Å². The Morgan fingerprint density at radius 3 is 2.07 bits per heavy atom. The lowest BCUT2D eigenvalue weighted by Crippen LogP contribution is -2.15. The highest BCUT2D eigenvalue weighted by atomic mass is 32.2. The molecule has 0 saturated heterocycles. The molecular formula is C28H21NS. The molecule has 0 unspecified atom stereocenters. The van der Waals surface area contributed by atoms with Gasteiger partial charge in [0.25, 0.3) is 0 Å². The van der Waals surface area contributed by atoms with Gasteiger partial charge in [-0.1, -0.05) is 78.0 Å². The molecule has 0 amide bonds. The Balaban J connectivity index is 1.61. The summed E-state index contributed by atoms with van der Waals surface area (Å²) in [7, 11) is 0. The second-order valence-electron chi connectivity index (χ2n) is 7.97. The first kappa shape index (κ1) is 17.6. The van der Waals surface area contributed by atoms with Gasteiger partial charge in [0.1, 0.15) is 0 Å². The summed E-state index contributed by atoms with van der Waals surface area (Å²) in [5, 5.41) is 0. The highest BCUT2D eigenvalue weighted by Gasteiger charge is 2.26. The molecule has 0 atom stereocenters. The van der Waals surface area contributed by atoms with Crippen molar-refractivity contribution >= 4 is 34.9 Å². The van der Waals surface area contributed by atoms with Gasteiger partial charge >= 0.3 is 0 Å². The van der Waals surface area contributed by atoms with Crippen molar-refractivity contribution in [3.63, 3.8) is 0 Å². The van der Waals surface area contributed by atoms with E-state index in [0.717, 1.165) is 6.42 Å². The molecule has 0 N–H and O–H groups in total. The number of benzene rings is 4. The molecule has 1 aliphatic heterocycles. The zero-order valence-corrected chi connectivity index (χ0v) is 17.6. The van der Waals surface area contributed by atoms with Gasteiger partial charge in [-0.05, 0) is 72.0 Å². The third-order valence-corrected chi connectivity index (χ3v) is 7.02. The SMILES string of the molecule is CC1=Cc2c(cc(N3c4ccccc4Sc4ccccc43)cc2-c2ccccc2)C1. The van der Waals surface area contributed by atoms with E-state index in [0.29, 0.717) is 0 Å². The number of allylic oxidation sites excluding steroid dienone is 1. The predicted molar refractivity (Wildman–Crippen MR) is 128 cm³/mol. The van der Waals surface area contributed by atoms with Gasteiger partial charge < -0.3 is 4.90 Å². The van der Waals surface area contributed by atoms with Gasteiger partial charge in [-0.15, -0.1) is 0 Å². The summed E-state index contributed by atoms with van der Waals surface area (Å²) in [6.07, 6.45) is 3.38. The Kier molecular flexibility index (Phi) is 4.07. The van der Waals surface area contributed by atoms with E-state index in [-0.39, 0.29) is 0 Å². The summed E-state index contributed by atoms with van der Waals surface area (Å²) in [6.45, 7) is 2.23. The van der Waals surface area contributed by atoms with Crippen LogP contribution < -0.4 is 4.90 Å². The van der Waals surface area contributed by atoms with E-state index >= 15 is 0 Å². The third-order valence-electron chi connectivity index (χ3n) is 5.89. The maximum atomic E-state index is 2.43. The molecule has 0 radical (unpaired) electrons. The van der Waals surface area contributed by atoms with Crippen LogP contribution in [-0.2, 0) is 6.42 Å². The van der Waals surface area contributed by atoms with Crippen molar-refractivity contribution in [3.05, 3.63) is 108 Å². The van der Waals surface area contributed by atoms with E-state index in [1.54, 1.807) is 0 Å². The Hall–Kier alpha value is -3.23. The maximum absolute atomic E-state index is 2.43. The number of hydrogen-bond donors (Lipinski definition) is 0. The third kappa shape index (κ3) is 2.79. The fourth-order valence-corrected chi connectivity index (χ4v) is 5.64. The monoisotopic (exact) mass is 403 g/mol. The average molecular weight is 404 g/mol. The van der Waals surface area contributed by atoms with Crippen molar-refractivity contribution in [2.75, 3.05) is 4.90 Å². The van der Waals surface area contributed by atoms with E-state index in [1.807, 2.05) is 11.8 Å². The van der Waals surface area contributed by atoms with E-state index in [1.165, 1.54) is 54.7 Å². The predicted octanol–water partition coefficient (Wildman–Crippen LogP) is 8.25. The summed E-state index contributed by atoms with van der Waals surface area (Å²) in [4.78, 5) is 5.03. The number of fused-ring (bicyclic) bond motifs is 3. The van der Waals surface area contributed by atoms with Crippen LogP contribution in [0.3, 0.4) is 0 Å². The van der Waals surface area contributed by atoms with Crippen LogP contribution in [0.15, 0.2) is 106 Å². The van der Waals surface area contributed by atoms with Crippen LogP contribution >= 0.6 is 11.8 Å². The van der Waals surface area contributed by atoms with Crippen LogP contribution in [0, 0.1) is 0 Å². The molecule has 4 aromatic carbocycles. The number of para-hydroxylation sites is 2. The van der Waals surface area contributed by atoms with Crippen LogP contribution in [-0.4, -0.2) is 0 Å². The minimum absolute atomic E-state index is 1.02. The number of hydrogen-bond acceptors (Lipinski definition) is 2. The first-order valence-electron chi connectivity index (χ1n) is 10.3. The molecule has 0 saturated carbocycles. The van der Waals surface area contributed by atoms with Crippen LogP contribution in [0.25, 0.3) is 17.2 Å². The smallest absolute Gasteiger partial charge is 0.0601 e. The topological polar surface area (TPSA) is 3.24 Å². The molecule has 0 aromatic heterocycles. The van der Waals surface area contributed by atoms with E-state index < -0.39 is 0 Å². The van der Waals surface area contributed by atoms with E-state index in [9.17, 15) is 0 Å². The molecular weight excluding hydrogens is 382 g/mol. The van der Waals surface area contributed by atoms with Gasteiger partial charge in [0.15, 0.2) is 0 Å².